The zero-order chi connectivity index (χ0) is 14.5. The van der Waals surface area contributed by atoms with Crippen molar-refractivity contribution < 1.29 is 18.5 Å². The molecule has 0 heterocycles. The van der Waals surface area contributed by atoms with Crippen LogP contribution in [-0.2, 0) is 19.8 Å². The Hall–Kier alpha value is -0.940. The maximum atomic E-state index is 12.3. The van der Waals surface area contributed by atoms with Gasteiger partial charge in [0, 0.05) is 6.07 Å². The third kappa shape index (κ3) is 4.58. The maximum Gasteiger partial charge on any atom is 0.335 e. The SMILES string of the molecule is CCOP(=O)(Cc1ccc([N+](=O)[O-])c(Cl)c1)OCC. The van der Waals surface area contributed by atoms with Crippen LogP contribution >= 0.6 is 19.2 Å². The van der Waals surface area contributed by atoms with Crippen LogP contribution in [0.4, 0.5) is 5.69 Å². The largest absolute Gasteiger partial charge is 0.335 e. The summed E-state index contributed by atoms with van der Waals surface area (Å²) < 4.78 is 22.6. The van der Waals surface area contributed by atoms with Crippen molar-refractivity contribution >= 4 is 24.9 Å². The van der Waals surface area contributed by atoms with Gasteiger partial charge in [-0.25, -0.2) is 0 Å². The molecule has 0 aliphatic heterocycles. The van der Waals surface area contributed by atoms with Crippen molar-refractivity contribution in [3.8, 4) is 0 Å². The third-order valence-corrected chi connectivity index (χ3v) is 4.59. The highest BCUT2D eigenvalue weighted by atomic mass is 35.5. The number of nitro benzene ring substituents is 1. The van der Waals surface area contributed by atoms with Crippen LogP contribution in [-0.4, -0.2) is 18.1 Å². The molecule has 0 atom stereocenters. The molecule has 0 aromatic heterocycles. The first-order chi connectivity index (χ1) is 8.91. The average Bonchev–Trinajstić information content (AvgIpc) is 2.28. The Morgan fingerprint density at radius 3 is 2.32 bits per heavy atom. The first-order valence-electron chi connectivity index (χ1n) is 5.72. The van der Waals surface area contributed by atoms with E-state index in [-0.39, 0.29) is 30.1 Å². The molecule has 0 aliphatic carbocycles. The fourth-order valence-electron chi connectivity index (χ4n) is 1.54. The summed E-state index contributed by atoms with van der Waals surface area (Å²) in [4.78, 5) is 10.1. The van der Waals surface area contributed by atoms with Crippen LogP contribution in [0, 0.1) is 10.1 Å². The van der Waals surface area contributed by atoms with Crippen LogP contribution in [0.3, 0.4) is 0 Å². The van der Waals surface area contributed by atoms with E-state index in [0.717, 1.165) is 0 Å². The van der Waals surface area contributed by atoms with E-state index in [9.17, 15) is 14.7 Å². The van der Waals surface area contributed by atoms with Gasteiger partial charge in [-0.15, -0.1) is 0 Å². The quantitative estimate of drug-likeness (QED) is 0.432. The van der Waals surface area contributed by atoms with E-state index in [4.69, 9.17) is 20.6 Å². The summed E-state index contributed by atoms with van der Waals surface area (Å²) in [7, 11) is -3.23. The van der Waals surface area contributed by atoms with Crippen molar-refractivity contribution in [3.05, 3.63) is 38.9 Å². The minimum absolute atomic E-state index is 0.00190. The second-order valence-electron chi connectivity index (χ2n) is 3.65. The van der Waals surface area contributed by atoms with Crippen LogP contribution in [0.25, 0.3) is 0 Å². The molecule has 0 radical (unpaired) electrons. The Morgan fingerprint density at radius 2 is 1.89 bits per heavy atom. The topological polar surface area (TPSA) is 78.7 Å². The molecule has 0 amide bonds. The monoisotopic (exact) mass is 307 g/mol. The van der Waals surface area contributed by atoms with E-state index in [1.54, 1.807) is 13.8 Å². The number of nitrogens with zero attached hydrogens (tertiary/aromatic N) is 1. The van der Waals surface area contributed by atoms with Crippen LogP contribution in [0.15, 0.2) is 18.2 Å². The van der Waals surface area contributed by atoms with Crippen LogP contribution in [0.2, 0.25) is 5.02 Å². The van der Waals surface area contributed by atoms with Gasteiger partial charge in [-0.05, 0) is 25.5 Å². The van der Waals surface area contributed by atoms with Crippen molar-refractivity contribution in [1.82, 2.24) is 0 Å². The van der Waals surface area contributed by atoms with Gasteiger partial charge in [0.25, 0.3) is 5.69 Å². The lowest BCUT2D eigenvalue weighted by Crippen LogP contribution is -1.99. The lowest BCUT2D eigenvalue weighted by atomic mass is 10.2. The van der Waals surface area contributed by atoms with Crippen molar-refractivity contribution in [2.75, 3.05) is 13.2 Å². The van der Waals surface area contributed by atoms with E-state index in [1.165, 1.54) is 18.2 Å². The smallest absolute Gasteiger partial charge is 0.309 e. The van der Waals surface area contributed by atoms with Crippen molar-refractivity contribution in [1.29, 1.82) is 0 Å². The Balaban J connectivity index is 2.95. The first kappa shape index (κ1) is 16.1. The molecule has 0 aliphatic rings. The van der Waals surface area contributed by atoms with Crippen LogP contribution in [0.5, 0.6) is 0 Å². The zero-order valence-electron chi connectivity index (χ0n) is 10.7. The number of hydrogen-bond donors (Lipinski definition) is 0. The summed E-state index contributed by atoms with van der Waals surface area (Å²) in [5.74, 6) is 0. The Bertz CT molecular complexity index is 498. The van der Waals surface area contributed by atoms with Gasteiger partial charge in [0.1, 0.15) is 5.02 Å². The maximum absolute atomic E-state index is 12.3. The predicted octanol–water partition coefficient (Wildman–Crippen LogP) is 4.01. The van der Waals surface area contributed by atoms with E-state index >= 15 is 0 Å². The third-order valence-electron chi connectivity index (χ3n) is 2.24. The summed E-state index contributed by atoms with van der Waals surface area (Å²) in [6, 6.07) is 4.18. The normalized spacial score (nSPS) is 11.5. The predicted molar refractivity (Wildman–Crippen MR) is 72.7 cm³/mol. The molecule has 0 spiro atoms. The molecule has 0 bridgehead atoms. The molecule has 8 heteroatoms. The summed E-state index contributed by atoms with van der Waals surface area (Å²) in [5, 5.41) is 10.6. The summed E-state index contributed by atoms with van der Waals surface area (Å²) >= 11 is 5.79. The fraction of sp³-hybridized carbons (Fsp3) is 0.455. The molecule has 0 fully saturated rings. The standard InChI is InChI=1S/C11H15ClNO5P/c1-3-17-19(16,18-4-2)8-9-5-6-11(13(14)15)10(12)7-9/h5-7H,3-4,8H2,1-2H3. The highest BCUT2D eigenvalue weighted by Gasteiger charge is 2.25. The Labute approximate surface area is 116 Å². The minimum atomic E-state index is -3.23. The average molecular weight is 308 g/mol. The van der Waals surface area contributed by atoms with E-state index < -0.39 is 12.5 Å². The first-order valence-corrected chi connectivity index (χ1v) is 7.83. The highest BCUT2D eigenvalue weighted by Crippen LogP contribution is 2.51. The molecule has 1 aromatic rings. The molecular formula is C11H15ClNO5P. The van der Waals surface area contributed by atoms with Gasteiger partial charge >= 0.3 is 7.60 Å². The molecule has 6 nitrogen and oxygen atoms in total. The van der Waals surface area contributed by atoms with Gasteiger partial charge in [0.2, 0.25) is 0 Å². The Morgan fingerprint density at radius 1 is 1.32 bits per heavy atom. The highest BCUT2D eigenvalue weighted by molar-refractivity contribution is 7.53. The molecule has 0 unspecified atom stereocenters. The molecule has 1 aromatic carbocycles. The van der Waals surface area contributed by atoms with Gasteiger partial charge in [0.05, 0.1) is 24.3 Å². The number of halogens is 1. The molecule has 0 saturated heterocycles. The van der Waals surface area contributed by atoms with Gasteiger partial charge in [-0.2, -0.15) is 0 Å². The molecule has 0 saturated carbocycles. The van der Waals surface area contributed by atoms with Crippen molar-refractivity contribution in [3.63, 3.8) is 0 Å². The van der Waals surface area contributed by atoms with Crippen LogP contribution in [0.1, 0.15) is 19.4 Å². The number of hydrogen-bond acceptors (Lipinski definition) is 5. The number of rotatable bonds is 7. The molecule has 106 valence electrons. The second kappa shape index (κ2) is 7.01. The van der Waals surface area contributed by atoms with E-state index in [1.807, 2.05) is 0 Å². The van der Waals surface area contributed by atoms with Gasteiger partial charge in [-0.3, -0.25) is 14.7 Å². The van der Waals surface area contributed by atoms with Crippen molar-refractivity contribution in [2.45, 2.75) is 20.0 Å². The van der Waals surface area contributed by atoms with Gasteiger partial charge in [0.15, 0.2) is 0 Å². The molecule has 1 rings (SSSR count). The van der Waals surface area contributed by atoms with Crippen molar-refractivity contribution in [2.24, 2.45) is 0 Å². The fourth-order valence-corrected chi connectivity index (χ4v) is 3.50. The summed E-state index contributed by atoms with van der Waals surface area (Å²) in [6.45, 7) is 3.96. The van der Waals surface area contributed by atoms with E-state index in [0.29, 0.717) is 5.56 Å². The second-order valence-corrected chi connectivity index (χ2v) is 6.11. The minimum Gasteiger partial charge on any atom is -0.309 e. The Kier molecular flexibility index (Phi) is 5.94. The molecular weight excluding hydrogens is 293 g/mol. The van der Waals surface area contributed by atoms with Gasteiger partial charge < -0.3 is 9.05 Å². The molecule has 19 heavy (non-hydrogen) atoms. The summed E-state index contributed by atoms with van der Waals surface area (Å²) in [5.41, 5.74) is 0.383. The number of benzene rings is 1. The van der Waals surface area contributed by atoms with Crippen LogP contribution < -0.4 is 0 Å². The van der Waals surface area contributed by atoms with Gasteiger partial charge in [-0.1, -0.05) is 17.7 Å². The summed E-state index contributed by atoms with van der Waals surface area (Å²) in [6.07, 6.45) is 0.0341. The lowest BCUT2D eigenvalue weighted by molar-refractivity contribution is -0.384. The number of nitro groups is 1. The molecule has 0 N–H and O–H groups in total. The lowest BCUT2D eigenvalue weighted by Gasteiger charge is -2.16. The zero-order valence-corrected chi connectivity index (χ0v) is 12.3. The van der Waals surface area contributed by atoms with E-state index in [2.05, 4.69) is 0 Å².